The standard InChI is InChI=1S/C13H20N6S/c1-9-7-18(2)4-5-19(9)8-11-15-12(17-14)10-3-6-20-13(10)16-11/h3,6,9H,4-5,7-8,14H2,1-2H3,(H,15,16,17). The number of nitrogens with two attached hydrogens (primary N) is 1. The minimum Gasteiger partial charge on any atom is -0.308 e. The van der Waals surface area contributed by atoms with Gasteiger partial charge >= 0.3 is 0 Å². The fourth-order valence-electron chi connectivity index (χ4n) is 2.67. The molecule has 0 aliphatic carbocycles. The van der Waals surface area contributed by atoms with Gasteiger partial charge in [0.15, 0.2) is 5.82 Å². The average molecular weight is 292 g/mol. The Hall–Kier alpha value is -1.28. The molecule has 0 saturated carbocycles. The van der Waals surface area contributed by atoms with Crippen LogP contribution in [-0.2, 0) is 6.54 Å². The molecule has 1 aliphatic rings. The van der Waals surface area contributed by atoms with Gasteiger partial charge in [-0.1, -0.05) is 0 Å². The molecule has 108 valence electrons. The Morgan fingerprint density at radius 3 is 3.05 bits per heavy atom. The van der Waals surface area contributed by atoms with Gasteiger partial charge in [-0.2, -0.15) is 0 Å². The zero-order chi connectivity index (χ0) is 14.1. The molecule has 0 spiro atoms. The van der Waals surface area contributed by atoms with Crippen LogP contribution in [0.3, 0.4) is 0 Å². The van der Waals surface area contributed by atoms with E-state index in [-0.39, 0.29) is 0 Å². The number of rotatable bonds is 3. The molecule has 2 aromatic heterocycles. The third kappa shape index (κ3) is 2.62. The lowest BCUT2D eigenvalue weighted by molar-refractivity contribution is 0.0916. The number of nitrogens with zero attached hydrogens (tertiary/aromatic N) is 4. The van der Waals surface area contributed by atoms with Crippen molar-refractivity contribution in [2.45, 2.75) is 19.5 Å². The molecule has 1 aliphatic heterocycles. The number of aromatic nitrogens is 2. The van der Waals surface area contributed by atoms with Crippen molar-refractivity contribution < 1.29 is 0 Å². The highest BCUT2D eigenvalue weighted by molar-refractivity contribution is 7.16. The minimum atomic E-state index is 0.519. The molecule has 3 N–H and O–H groups in total. The van der Waals surface area contributed by atoms with Crippen LogP contribution in [-0.4, -0.2) is 52.5 Å². The summed E-state index contributed by atoms with van der Waals surface area (Å²) in [6.07, 6.45) is 0. The van der Waals surface area contributed by atoms with Crippen molar-refractivity contribution in [2.75, 3.05) is 32.1 Å². The lowest BCUT2D eigenvalue weighted by Gasteiger charge is -2.37. The van der Waals surface area contributed by atoms with Crippen molar-refractivity contribution in [3.8, 4) is 0 Å². The fraction of sp³-hybridized carbons (Fsp3) is 0.538. The summed E-state index contributed by atoms with van der Waals surface area (Å²) >= 11 is 1.62. The molecule has 0 aromatic carbocycles. The van der Waals surface area contributed by atoms with E-state index in [2.05, 4.69) is 39.2 Å². The molecule has 20 heavy (non-hydrogen) atoms. The van der Waals surface area contributed by atoms with E-state index < -0.39 is 0 Å². The van der Waals surface area contributed by atoms with Gasteiger partial charge < -0.3 is 10.3 Å². The van der Waals surface area contributed by atoms with Gasteiger partial charge in [-0.05, 0) is 25.4 Å². The number of anilines is 1. The van der Waals surface area contributed by atoms with E-state index in [1.807, 2.05) is 11.4 Å². The normalized spacial score (nSPS) is 21.4. The Labute approximate surface area is 122 Å². The highest BCUT2D eigenvalue weighted by Gasteiger charge is 2.22. The number of thiophene rings is 1. The number of hydrogen-bond acceptors (Lipinski definition) is 7. The SMILES string of the molecule is CC1CN(C)CCN1Cc1nc(NN)c2ccsc2n1. The monoisotopic (exact) mass is 292 g/mol. The lowest BCUT2D eigenvalue weighted by atomic mass is 10.2. The lowest BCUT2D eigenvalue weighted by Crippen LogP contribution is -2.50. The summed E-state index contributed by atoms with van der Waals surface area (Å²) in [4.78, 5) is 15.0. The van der Waals surface area contributed by atoms with Crippen LogP contribution >= 0.6 is 11.3 Å². The molecule has 3 rings (SSSR count). The number of hydrazine groups is 1. The Kier molecular flexibility index (Phi) is 3.84. The third-order valence-corrected chi connectivity index (χ3v) is 4.63. The van der Waals surface area contributed by atoms with E-state index in [1.165, 1.54) is 0 Å². The van der Waals surface area contributed by atoms with E-state index in [0.29, 0.717) is 11.9 Å². The number of nitrogen functional groups attached to an aromatic ring is 1. The Bertz CT molecular complexity index is 598. The topological polar surface area (TPSA) is 70.3 Å². The molecule has 6 nitrogen and oxygen atoms in total. The summed E-state index contributed by atoms with van der Waals surface area (Å²) < 4.78 is 0. The molecule has 7 heteroatoms. The van der Waals surface area contributed by atoms with E-state index in [1.54, 1.807) is 11.3 Å². The first kappa shape index (κ1) is 13.7. The van der Waals surface area contributed by atoms with Gasteiger partial charge in [-0.25, -0.2) is 15.8 Å². The molecule has 1 unspecified atom stereocenters. The van der Waals surface area contributed by atoms with Gasteiger partial charge in [0.1, 0.15) is 10.7 Å². The second-order valence-electron chi connectivity index (χ2n) is 5.35. The minimum absolute atomic E-state index is 0.519. The maximum absolute atomic E-state index is 5.57. The summed E-state index contributed by atoms with van der Waals surface area (Å²) in [5, 5.41) is 3.01. The van der Waals surface area contributed by atoms with Crippen LogP contribution in [0, 0.1) is 0 Å². The van der Waals surface area contributed by atoms with Gasteiger partial charge in [0.05, 0.1) is 11.9 Å². The second-order valence-corrected chi connectivity index (χ2v) is 6.25. The van der Waals surface area contributed by atoms with Crippen molar-refractivity contribution in [3.05, 3.63) is 17.3 Å². The zero-order valence-corrected chi connectivity index (χ0v) is 12.7. The summed E-state index contributed by atoms with van der Waals surface area (Å²) in [6.45, 7) is 6.25. The van der Waals surface area contributed by atoms with Crippen LogP contribution in [0.4, 0.5) is 5.82 Å². The first-order chi connectivity index (χ1) is 9.67. The first-order valence-electron chi connectivity index (χ1n) is 6.80. The Balaban J connectivity index is 1.83. The predicted octanol–water partition coefficient (Wildman–Crippen LogP) is 1.11. The number of fused-ring (bicyclic) bond motifs is 1. The van der Waals surface area contributed by atoms with Crippen LogP contribution in [0.5, 0.6) is 0 Å². The predicted molar refractivity (Wildman–Crippen MR) is 82.6 cm³/mol. The molecule has 1 atom stereocenters. The second kappa shape index (κ2) is 5.61. The zero-order valence-electron chi connectivity index (χ0n) is 11.8. The molecule has 2 aromatic rings. The van der Waals surface area contributed by atoms with Crippen LogP contribution in [0.25, 0.3) is 10.2 Å². The van der Waals surface area contributed by atoms with E-state index >= 15 is 0 Å². The van der Waals surface area contributed by atoms with Crippen LogP contribution in [0.1, 0.15) is 12.7 Å². The average Bonchev–Trinajstić information content (AvgIpc) is 2.89. The van der Waals surface area contributed by atoms with Gasteiger partial charge in [-0.15, -0.1) is 11.3 Å². The fourth-order valence-corrected chi connectivity index (χ4v) is 3.46. The summed E-state index contributed by atoms with van der Waals surface area (Å²) in [6, 6.07) is 2.52. The largest absolute Gasteiger partial charge is 0.308 e. The summed E-state index contributed by atoms with van der Waals surface area (Å²) in [7, 11) is 2.17. The van der Waals surface area contributed by atoms with Crippen molar-refractivity contribution >= 4 is 27.4 Å². The van der Waals surface area contributed by atoms with E-state index in [0.717, 1.165) is 42.2 Å². The highest BCUT2D eigenvalue weighted by atomic mass is 32.1. The Morgan fingerprint density at radius 2 is 2.30 bits per heavy atom. The van der Waals surface area contributed by atoms with Crippen molar-refractivity contribution in [2.24, 2.45) is 5.84 Å². The van der Waals surface area contributed by atoms with Crippen molar-refractivity contribution in [1.82, 2.24) is 19.8 Å². The van der Waals surface area contributed by atoms with Crippen LogP contribution in [0.2, 0.25) is 0 Å². The maximum atomic E-state index is 5.57. The molecule has 0 bridgehead atoms. The molecule has 0 amide bonds. The van der Waals surface area contributed by atoms with Gasteiger partial charge in [0.25, 0.3) is 0 Å². The molecular weight excluding hydrogens is 272 g/mol. The number of nitrogens with one attached hydrogen (secondary N) is 1. The van der Waals surface area contributed by atoms with Crippen molar-refractivity contribution in [3.63, 3.8) is 0 Å². The third-order valence-electron chi connectivity index (χ3n) is 3.82. The first-order valence-corrected chi connectivity index (χ1v) is 7.68. The van der Waals surface area contributed by atoms with E-state index in [9.17, 15) is 0 Å². The quantitative estimate of drug-likeness (QED) is 0.652. The molecular formula is C13H20N6S. The number of piperazine rings is 1. The van der Waals surface area contributed by atoms with Gasteiger partial charge in [0.2, 0.25) is 0 Å². The van der Waals surface area contributed by atoms with Crippen LogP contribution < -0.4 is 11.3 Å². The molecule has 1 saturated heterocycles. The number of hydrogen-bond donors (Lipinski definition) is 2. The van der Waals surface area contributed by atoms with Gasteiger partial charge in [0, 0.05) is 25.7 Å². The van der Waals surface area contributed by atoms with Crippen molar-refractivity contribution in [1.29, 1.82) is 0 Å². The van der Waals surface area contributed by atoms with Gasteiger partial charge in [-0.3, -0.25) is 4.90 Å². The summed E-state index contributed by atoms with van der Waals surface area (Å²) in [5.41, 5.74) is 2.68. The highest BCUT2D eigenvalue weighted by Crippen LogP contribution is 2.25. The number of likely N-dealkylation sites (N-methyl/N-ethyl adjacent to an activating group) is 1. The van der Waals surface area contributed by atoms with E-state index in [4.69, 9.17) is 5.84 Å². The molecule has 0 radical (unpaired) electrons. The smallest absolute Gasteiger partial charge is 0.152 e. The maximum Gasteiger partial charge on any atom is 0.152 e. The molecule has 1 fully saturated rings. The molecule has 3 heterocycles. The summed E-state index contributed by atoms with van der Waals surface area (Å²) in [5.74, 6) is 7.12. The Morgan fingerprint density at radius 1 is 1.45 bits per heavy atom. The van der Waals surface area contributed by atoms with Crippen LogP contribution in [0.15, 0.2) is 11.4 Å².